The van der Waals surface area contributed by atoms with Gasteiger partial charge in [-0.15, -0.1) is 10.2 Å². The monoisotopic (exact) mass is 276 g/mol. The number of aliphatic hydroxyl groups excluding tert-OH is 1. The lowest BCUT2D eigenvalue weighted by Gasteiger charge is -2.25. The fourth-order valence-electron chi connectivity index (χ4n) is 2.23. The van der Waals surface area contributed by atoms with E-state index in [4.69, 9.17) is 11.6 Å². The second kappa shape index (κ2) is 5.58. The Morgan fingerprint density at radius 1 is 1.53 bits per heavy atom. The van der Waals surface area contributed by atoms with Crippen LogP contribution in [0.25, 0.3) is 0 Å². The summed E-state index contributed by atoms with van der Waals surface area (Å²) in [6.07, 6.45) is 0.591. The number of aromatic nitrogens is 2. The van der Waals surface area contributed by atoms with E-state index in [2.05, 4.69) is 20.0 Å². The second-order valence-corrected chi connectivity index (χ2v) is 6.33. The summed E-state index contributed by atoms with van der Waals surface area (Å²) in [5.41, 5.74) is 0. The third-order valence-corrected chi connectivity index (χ3v) is 3.87. The molecule has 7 heteroatoms. The summed E-state index contributed by atoms with van der Waals surface area (Å²) in [4.78, 5) is 4.39. The van der Waals surface area contributed by atoms with Gasteiger partial charge in [0.25, 0.3) is 0 Å². The van der Waals surface area contributed by atoms with Crippen molar-refractivity contribution in [1.82, 2.24) is 20.0 Å². The Labute approximate surface area is 110 Å². The van der Waals surface area contributed by atoms with Crippen LogP contribution in [0.5, 0.6) is 0 Å². The van der Waals surface area contributed by atoms with Crippen molar-refractivity contribution in [3.8, 4) is 0 Å². The normalized spacial score (nSPS) is 25.9. The molecule has 0 bridgehead atoms. The van der Waals surface area contributed by atoms with Crippen molar-refractivity contribution in [2.75, 3.05) is 27.2 Å². The topological polar surface area (TPSA) is 52.5 Å². The Kier molecular flexibility index (Phi) is 4.32. The third kappa shape index (κ3) is 3.59. The SMILES string of the molecule is CN(C)CC1CC(O)CN1Cc1nnc(Cl)s1. The number of likely N-dealkylation sites (tertiary alicyclic amines) is 1. The highest BCUT2D eigenvalue weighted by atomic mass is 35.5. The summed E-state index contributed by atoms with van der Waals surface area (Å²) >= 11 is 7.17. The largest absolute Gasteiger partial charge is 0.392 e. The molecule has 1 N–H and O–H groups in total. The maximum atomic E-state index is 9.75. The van der Waals surface area contributed by atoms with Gasteiger partial charge in [0, 0.05) is 19.1 Å². The van der Waals surface area contributed by atoms with Crippen molar-refractivity contribution in [3.05, 3.63) is 9.47 Å². The molecular weight excluding hydrogens is 260 g/mol. The van der Waals surface area contributed by atoms with Gasteiger partial charge in [0.1, 0.15) is 5.01 Å². The van der Waals surface area contributed by atoms with Crippen molar-refractivity contribution in [2.45, 2.75) is 25.1 Å². The fraction of sp³-hybridized carbons (Fsp3) is 0.800. The molecule has 0 aliphatic carbocycles. The molecular formula is C10H17ClN4OS. The molecule has 1 aromatic heterocycles. The van der Waals surface area contributed by atoms with Gasteiger partial charge in [-0.05, 0) is 32.1 Å². The number of hydrogen-bond acceptors (Lipinski definition) is 6. The number of rotatable bonds is 4. The van der Waals surface area contributed by atoms with Crippen molar-refractivity contribution in [3.63, 3.8) is 0 Å². The predicted molar refractivity (Wildman–Crippen MR) is 68.3 cm³/mol. The van der Waals surface area contributed by atoms with Crippen LogP contribution in [0.3, 0.4) is 0 Å². The van der Waals surface area contributed by atoms with Crippen LogP contribution < -0.4 is 0 Å². The van der Waals surface area contributed by atoms with E-state index in [1.54, 1.807) is 0 Å². The second-order valence-electron chi connectivity index (χ2n) is 4.68. The molecule has 1 saturated heterocycles. The molecule has 2 rings (SSSR count). The van der Waals surface area contributed by atoms with Gasteiger partial charge in [-0.25, -0.2) is 0 Å². The highest BCUT2D eigenvalue weighted by molar-refractivity contribution is 7.15. The number of β-amino-alcohol motifs (C(OH)–C–C–N with tert-alkyl or cyclic N) is 1. The van der Waals surface area contributed by atoms with Crippen LogP contribution in [0.4, 0.5) is 0 Å². The Bertz CT molecular complexity index is 373. The minimum Gasteiger partial charge on any atom is -0.392 e. The molecule has 0 spiro atoms. The number of halogens is 1. The summed E-state index contributed by atoms with van der Waals surface area (Å²) < 4.78 is 0.476. The molecule has 1 aliphatic heterocycles. The Morgan fingerprint density at radius 3 is 2.88 bits per heavy atom. The highest BCUT2D eigenvalue weighted by Crippen LogP contribution is 2.23. The standard InChI is InChI=1S/C10H17ClN4OS/c1-14(2)4-7-3-8(16)5-15(7)6-9-12-13-10(11)17-9/h7-8,16H,3-6H2,1-2H3. The fourth-order valence-corrected chi connectivity index (χ4v) is 3.13. The van der Waals surface area contributed by atoms with Crippen molar-refractivity contribution in [1.29, 1.82) is 0 Å². The molecule has 0 aromatic carbocycles. The van der Waals surface area contributed by atoms with Gasteiger partial charge in [-0.3, -0.25) is 4.90 Å². The molecule has 0 amide bonds. The lowest BCUT2D eigenvalue weighted by Crippen LogP contribution is -2.37. The smallest absolute Gasteiger partial charge is 0.207 e. The number of likely N-dealkylation sites (N-methyl/N-ethyl adjacent to an activating group) is 1. The molecule has 17 heavy (non-hydrogen) atoms. The number of hydrogen-bond donors (Lipinski definition) is 1. The van der Waals surface area contributed by atoms with Crippen LogP contribution in [0.15, 0.2) is 0 Å². The summed E-state index contributed by atoms with van der Waals surface area (Å²) in [7, 11) is 4.09. The molecule has 0 radical (unpaired) electrons. The average molecular weight is 277 g/mol. The summed E-state index contributed by atoms with van der Waals surface area (Å²) in [6, 6.07) is 0.377. The minimum atomic E-state index is -0.233. The van der Waals surface area contributed by atoms with E-state index >= 15 is 0 Å². The molecule has 2 heterocycles. The van der Waals surface area contributed by atoms with Crippen LogP contribution in [0.2, 0.25) is 4.47 Å². The first kappa shape index (κ1) is 13.2. The number of nitrogens with zero attached hydrogens (tertiary/aromatic N) is 4. The van der Waals surface area contributed by atoms with Crippen molar-refractivity contribution >= 4 is 22.9 Å². The summed E-state index contributed by atoms with van der Waals surface area (Å²) in [6.45, 7) is 2.37. The Hall–Kier alpha value is -0.270. The molecule has 1 aliphatic rings. The van der Waals surface area contributed by atoms with E-state index in [-0.39, 0.29) is 6.10 Å². The van der Waals surface area contributed by atoms with E-state index in [1.807, 2.05) is 14.1 Å². The van der Waals surface area contributed by atoms with Gasteiger partial charge < -0.3 is 10.0 Å². The zero-order chi connectivity index (χ0) is 12.4. The van der Waals surface area contributed by atoms with Gasteiger partial charge in [-0.1, -0.05) is 11.3 Å². The summed E-state index contributed by atoms with van der Waals surface area (Å²) in [5, 5.41) is 18.5. The van der Waals surface area contributed by atoms with E-state index in [1.165, 1.54) is 11.3 Å². The maximum absolute atomic E-state index is 9.75. The van der Waals surface area contributed by atoms with Crippen LogP contribution >= 0.6 is 22.9 Å². The van der Waals surface area contributed by atoms with Gasteiger partial charge in [0.05, 0.1) is 12.6 Å². The zero-order valence-electron chi connectivity index (χ0n) is 10.0. The molecule has 96 valence electrons. The Morgan fingerprint density at radius 2 is 2.29 bits per heavy atom. The van der Waals surface area contributed by atoms with Gasteiger partial charge in [0.15, 0.2) is 0 Å². The lowest BCUT2D eigenvalue weighted by atomic mass is 10.2. The maximum Gasteiger partial charge on any atom is 0.207 e. The molecule has 2 unspecified atom stereocenters. The first-order valence-corrected chi connectivity index (χ1v) is 6.78. The molecule has 1 aromatic rings. The van der Waals surface area contributed by atoms with Crippen LogP contribution in [-0.4, -0.2) is 64.4 Å². The quantitative estimate of drug-likeness (QED) is 0.877. The zero-order valence-corrected chi connectivity index (χ0v) is 11.6. The highest BCUT2D eigenvalue weighted by Gasteiger charge is 2.31. The average Bonchev–Trinajstić information content (AvgIpc) is 2.74. The van der Waals surface area contributed by atoms with E-state index < -0.39 is 0 Å². The molecule has 1 fully saturated rings. The van der Waals surface area contributed by atoms with Gasteiger partial charge in [0.2, 0.25) is 4.47 Å². The Balaban J connectivity index is 1.98. The van der Waals surface area contributed by atoms with E-state index in [0.717, 1.165) is 24.5 Å². The van der Waals surface area contributed by atoms with Crippen molar-refractivity contribution in [2.24, 2.45) is 0 Å². The van der Waals surface area contributed by atoms with Crippen LogP contribution in [-0.2, 0) is 6.54 Å². The van der Waals surface area contributed by atoms with Crippen LogP contribution in [0.1, 0.15) is 11.4 Å². The van der Waals surface area contributed by atoms with E-state index in [0.29, 0.717) is 17.1 Å². The first-order valence-electron chi connectivity index (χ1n) is 5.59. The molecule has 0 saturated carbocycles. The van der Waals surface area contributed by atoms with Crippen LogP contribution in [0, 0.1) is 0 Å². The van der Waals surface area contributed by atoms with E-state index in [9.17, 15) is 5.11 Å². The molecule has 5 nitrogen and oxygen atoms in total. The molecule has 2 atom stereocenters. The summed E-state index contributed by atoms with van der Waals surface area (Å²) in [5.74, 6) is 0. The lowest BCUT2D eigenvalue weighted by molar-refractivity contribution is 0.169. The first-order chi connectivity index (χ1) is 8.04. The van der Waals surface area contributed by atoms with Gasteiger partial charge in [-0.2, -0.15) is 0 Å². The minimum absolute atomic E-state index is 0.233. The van der Waals surface area contributed by atoms with Gasteiger partial charge >= 0.3 is 0 Å². The number of aliphatic hydroxyl groups is 1. The predicted octanol–water partition coefficient (Wildman–Crippen LogP) is 0.688. The van der Waals surface area contributed by atoms with Crippen molar-refractivity contribution < 1.29 is 5.11 Å². The third-order valence-electron chi connectivity index (χ3n) is 2.86.